The third-order valence-electron chi connectivity index (χ3n) is 4.56. The van der Waals surface area contributed by atoms with Gasteiger partial charge < -0.3 is 15.0 Å². The molecular formula is C19H29N3O3. The third kappa shape index (κ3) is 6.14. The largest absolute Gasteiger partial charge is 0.378 e. The van der Waals surface area contributed by atoms with Crippen molar-refractivity contribution in [2.75, 3.05) is 51.8 Å². The monoisotopic (exact) mass is 347 g/mol. The zero-order valence-electron chi connectivity index (χ0n) is 15.5. The quantitative estimate of drug-likeness (QED) is 0.819. The molecule has 1 atom stereocenters. The molecule has 2 rings (SSSR count). The minimum Gasteiger partial charge on any atom is -0.378 e. The summed E-state index contributed by atoms with van der Waals surface area (Å²) in [5, 5.41) is 2.88. The van der Waals surface area contributed by atoms with Crippen molar-refractivity contribution in [1.82, 2.24) is 9.80 Å². The van der Waals surface area contributed by atoms with Gasteiger partial charge in [-0.3, -0.25) is 14.5 Å². The van der Waals surface area contributed by atoms with Crippen LogP contribution in [0.25, 0.3) is 0 Å². The Balaban J connectivity index is 1.77. The minimum absolute atomic E-state index is 0.0384. The molecule has 1 aromatic carbocycles. The second kappa shape index (κ2) is 9.53. The summed E-state index contributed by atoms with van der Waals surface area (Å²) >= 11 is 0. The van der Waals surface area contributed by atoms with Crippen molar-refractivity contribution in [3.05, 3.63) is 29.8 Å². The molecule has 6 heteroatoms. The molecule has 0 saturated carbocycles. The molecule has 2 amide bonds. The smallest absolute Gasteiger partial charge is 0.238 e. The van der Waals surface area contributed by atoms with Crippen molar-refractivity contribution < 1.29 is 14.3 Å². The third-order valence-corrected chi connectivity index (χ3v) is 4.56. The first-order valence-electron chi connectivity index (χ1n) is 8.93. The Kier molecular flexibility index (Phi) is 7.40. The Hall–Kier alpha value is -1.92. The maximum atomic E-state index is 12.2. The van der Waals surface area contributed by atoms with Crippen LogP contribution in [-0.2, 0) is 14.3 Å². The van der Waals surface area contributed by atoms with Crippen LogP contribution in [0.3, 0.4) is 0 Å². The molecule has 1 saturated heterocycles. The lowest BCUT2D eigenvalue weighted by Gasteiger charge is -2.28. The number of nitrogens with one attached hydrogen (secondary N) is 1. The Morgan fingerprint density at radius 3 is 2.44 bits per heavy atom. The van der Waals surface area contributed by atoms with E-state index in [1.807, 2.05) is 12.1 Å². The number of carbonyl (C=O) groups excluding carboxylic acids is 2. The van der Waals surface area contributed by atoms with Crippen molar-refractivity contribution >= 4 is 17.5 Å². The molecule has 1 aliphatic heterocycles. The lowest BCUT2D eigenvalue weighted by atomic mass is 9.99. The topological polar surface area (TPSA) is 61.9 Å². The number of morpholine rings is 1. The van der Waals surface area contributed by atoms with Crippen LogP contribution >= 0.6 is 0 Å². The van der Waals surface area contributed by atoms with E-state index < -0.39 is 0 Å². The average Bonchev–Trinajstić information content (AvgIpc) is 2.62. The van der Waals surface area contributed by atoms with Gasteiger partial charge in [0, 0.05) is 18.8 Å². The summed E-state index contributed by atoms with van der Waals surface area (Å²) in [6.07, 6.45) is 1.09. The van der Waals surface area contributed by atoms with E-state index in [9.17, 15) is 9.59 Å². The highest BCUT2D eigenvalue weighted by Crippen LogP contribution is 2.20. The summed E-state index contributed by atoms with van der Waals surface area (Å²) in [5.41, 5.74) is 2.05. The number of ether oxygens (including phenoxy) is 1. The summed E-state index contributed by atoms with van der Waals surface area (Å²) in [7, 11) is 1.78. The fourth-order valence-corrected chi connectivity index (χ4v) is 2.78. The maximum Gasteiger partial charge on any atom is 0.238 e. The van der Waals surface area contributed by atoms with Crippen LogP contribution in [0.1, 0.15) is 31.7 Å². The van der Waals surface area contributed by atoms with Gasteiger partial charge in [-0.15, -0.1) is 0 Å². The number of hydrogen-bond acceptors (Lipinski definition) is 4. The molecule has 0 aliphatic carbocycles. The second-order valence-corrected chi connectivity index (χ2v) is 6.64. The number of rotatable bonds is 7. The summed E-state index contributed by atoms with van der Waals surface area (Å²) < 4.78 is 5.24. The Bertz CT molecular complexity index is 568. The summed E-state index contributed by atoms with van der Waals surface area (Å²) in [4.78, 5) is 27.9. The van der Waals surface area contributed by atoms with Crippen molar-refractivity contribution in [2.24, 2.45) is 0 Å². The Labute approximate surface area is 150 Å². The van der Waals surface area contributed by atoms with Crippen molar-refractivity contribution in [1.29, 1.82) is 0 Å². The van der Waals surface area contributed by atoms with Crippen LogP contribution in [0.2, 0.25) is 0 Å². The SMILES string of the molecule is CC[C@H](C)c1ccc(NC(=O)CN(C)CC(=O)N2CCOCC2)cc1. The van der Waals surface area contributed by atoms with Gasteiger partial charge in [0.25, 0.3) is 0 Å². The molecule has 6 nitrogen and oxygen atoms in total. The van der Waals surface area contributed by atoms with E-state index in [1.165, 1.54) is 5.56 Å². The van der Waals surface area contributed by atoms with Gasteiger partial charge >= 0.3 is 0 Å². The highest BCUT2D eigenvalue weighted by molar-refractivity contribution is 5.92. The number of nitrogens with zero attached hydrogens (tertiary/aromatic N) is 2. The summed E-state index contributed by atoms with van der Waals surface area (Å²) in [6, 6.07) is 7.96. The molecule has 1 aromatic rings. The van der Waals surface area contributed by atoms with Crippen LogP contribution in [-0.4, -0.2) is 68.1 Å². The number of likely N-dealkylation sites (N-methyl/N-ethyl adjacent to an activating group) is 1. The Morgan fingerprint density at radius 1 is 1.20 bits per heavy atom. The van der Waals surface area contributed by atoms with E-state index >= 15 is 0 Å². The van der Waals surface area contributed by atoms with E-state index in [2.05, 4.69) is 31.3 Å². The highest BCUT2D eigenvalue weighted by Gasteiger charge is 2.19. The summed E-state index contributed by atoms with van der Waals surface area (Å²) in [6.45, 7) is 7.19. The van der Waals surface area contributed by atoms with Gasteiger partial charge in [0.05, 0.1) is 26.3 Å². The first-order valence-corrected chi connectivity index (χ1v) is 8.93. The lowest BCUT2D eigenvalue weighted by molar-refractivity contribution is -0.136. The van der Waals surface area contributed by atoms with Crippen LogP contribution in [0.5, 0.6) is 0 Å². The molecule has 1 aliphatic rings. The summed E-state index contributed by atoms with van der Waals surface area (Å²) in [5.74, 6) is 0.437. The van der Waals surface area contributed by atoms with E-state index in [4.69, 9.17) is 4.74 Å². The van der Waals surface area contributed by atoms with Gasteiger partial charge in [0.15, 0.2) is 0 Å². The number of carbonyl (C=O) groups is 2. The second-order valence-electron chi connectivity index (χ2n) is 6.64. The van der Waals surface area contributed by atoms with E-state index in [0.717, 1.165) is 12.1 Å². The van der Waals surface area contributed by atoms with Crippen molar-refractivity contribution in [3.63, 3.8) is 0 Å². The first-order chi connectivity index (χ1) is 12.0. The number of hydrogen-bond donors (Lipinski definition) is 1. The maximum absolute atomic E-state index is 12.2. The highest BCUT2D eigenvalue weighted by atomic mass is 16.5. The van der Waals surface area contributed by atoms with Crippen LogP contribution in [0.4, 0.5) is 5.69 Å². The van der Waals surface area contributed by atoms with Crippen molar-refractivity contribution in [2.45, 2.75) is 26.2 Å². The normalized spacial score (nSPS) is 15.9. The lowest BCUT2D eigenvalue weighted by Crippen LogP contribution is -2.46. The molecule has 1 fully saturated rings. The molecule has 0 spiro atoms. The van der Waals surface area contributed by atoms with Crippen LogP contribution < -0.4 is 5.32 Å². The molecular weight excluding hydrogens is 318 g/mol. The predicted octanol–water partition coefficient (Wildman–Crippen LogP) is 1.93. The molecule has 0 aromatic heterocycles. The molecule has 1 N–H and O–H groups in total. The molecule has 0 bridgehead atoms. The minimum atomic E-state index is -0.117. The van der Waals surface area contributed by atoms with E-state index in [0.29, 0.717) is 32.2 Å². The molecule has 0 unspecified atom stereocenters. The van der Waals surface area contributed by atoms with Gasteiger partial charge in [-0.2, -0.15) is 0 Å². The zero-order valence-corrected chi connectivity index (χ0v) is 15.5. The van der Waals surface area contributed by atoms with Crippen LogP contribution in [0.15, 0.2) is 24.3 Å². The molecule has 138 valence electrons. The van der Waals surface area contributed by atoms with Gasteiger partial charge in [0.2, 0.25) is 11.8 Å². The fourth-order valence-electron chi connectivity index (χ4n) is 2.78. The zero-order chi connectivity index (χ0) is 18.2. The number of anilines is 1. The van der Waals surface area contributed by atoms with Crippen LogP contribution in [0, 0.1) is 0 Å². The number of benzene rings is 1. The molecule has 25 heavy (non-hydrogen) atoms. The fraction of sp³-hybridized carbons (Fsp3) is 0.579. The van der Waals surface area contributed by atoms with Gasteiger partial charge in [-0.05, 0) is 37.1 Å². The van der Waals surface area contributed by atoms with Gasteiger partial charge in [-0.1, -0.05) is 26.0 Å². The Morgan fingerprint density at radius 2 is 1.84 bits per heavy atom. The number of amides is 2. The van der Waals surface area contributed by atoms with E-state index in [1.54, 1.807) is 16.8 Å². The average molecular weight is 347 g/mol. The van der Waals surface area contributed by atoms with Gasteiger partial charge in [0.1, 0.15) is 0 Å². The molecule has 1 heterocycles. The van der Waals surface area contributed by atoms with Crippen molar-refractivity contribution in [3.8, 4) is 0 Å². The molecule has 0 radical (unpaired) electrons. The first kappa shape index (κ1) is 19.4. The standard InChI is InChI=1S/C19H29N3O3/c1-4-15(2)16-5-7-17(8-6-16)20-18(23)13-21(3)14-19(24)22-9-11-25-12-10-22/h5-8,15H,4,9-14H2,1-3H3,(H,20,23)/t15-/m0/s1. The van der Waals surface area contributed by atoms with E-state index in [-0.39, 0.29) is 24.9 Å². The predicted molar refractivity (Wildman–Crippen MR) is 98.7 cm³/mol. The van der Waals surface area contributed by atoms with Gasteiger partial charge in [-0.25, -0.2) is 0 Å².